The van der Waals surface area contributed by atoms with Crippen LogP contribution in [0.2, 0.25) is 0 Å². The molecule has 20 heavy (non-hydrogen) atoms. The van der Waals surface area contributed by atoms with Gasteiger partial charge in [-0.25, -0.2) is 0 Å². The molecule has 0 unspecified atom stereocenters. The average molecular weight is 305 g/mol. The van der Waals surface area contributed by atoms with Crippen molar-refractivity contribution in [2.75, 3.05) is 19.4 Å². The Morgan fingerprint density at radius 2 is 1.80 bits per heavy atom. The van der Waals surface area contributed by atoms with Gasteiger partial charge in [-0.05, 0) is 46.0 Å². The molecule has 0 saturated heterocycles. The molecule has 7 heteroatoms. The van der Waals surface area contributed by atoms with E-state index in [0.29, 0.717) is 44.3 Å². The highest BCUT2D eigenvalue weighted by Gasteiger charge is 2.25. The first-order chi connectivity index (χ1) is 9.52. The minimum absolute atomic E-state index is 0.265. The molecular weight excluding hydrogens is 281 g/mol. The van der Waals surface area contributed by atoms with E-state index in [1.165, 1.54) is 0 Å². The largest absolute Gasteiger partial charge is 0.330 e. The van der Waals surface area contributed by atoms with Crippen LogP contribution in [0.4, 0.5) is 0 Å². The van der Waals surface area contributed by atoms with Gasteiger partial charge >= 0.3 is 7.60 Å². The van der Waals surface area contributed by atoms with Crippen LogP contribution in [0.25, 0.3) is 0 Å². The molecule has 0 fully saturated rings. The highest BCUT2D eigenvalue weighted by Crippen LogP contribution is 2.49. The molecule has 0 aromatic heterocycles. The maximum Gasteiger partial charge on any atom is 0.330 e. The fraction of sp³-hybridized carbons (Fsp3) is 0.846. The van der Waals surface area contributed by atoms with Gasteiger partial charge in [-0.2, -0.15) is 0 Å². The van der Waals surface area contributed by atoms with Gasteiger partial charge in [0.25, 0.3) is 0 Å². The van der Waals surface area contributed by atoms with Crippen molar-refractivity contribution in [3.63, 3.8) is 0 Å². The van der Waals surface area contributed by atoms with E-state index in [4.69, 9.17) is 9.05 Å². The van der Waals surface area contributed by atoms with Crippen LogP contribution in [0.1, 0.15) is 52.4 Å². The standard InChI is InChI=1S/C13H24NO5P/c1-3-18-20(17,19-4-2)11-7-9-12-8-5-6-10-13(12)14(15)16/h3-11H2,1-2H3. The normalized spacial score (nSPS) is 16.5. The van der Waals surface area contributed by atoms with Crippen LogP contribution < -0.4 is 0 Å². The maximum absolute atomic E-state index is 12.3. The Bertz CT molecular complexity index is 398. The first-order valence-electron chi connectivity index (χ1n) is 7.25. The fourth-order valence-electron chi connectivity index (χ4n) is 2.49. The summed E-state index contributed by atoms with van der Waals surface area (Å²) in [4.78, 5) is 10.7. The summed E-state index contributed by atoms with van der Waals surface area (Å²) >= 11 is 0. The van der Waals surface area contributed by atoms with Crippen LogP contribution in [0, 0.1) is 10.1 Å². The number of hydrogen-bond donors (Lipinski definition) is 0. The topological polar surface area (TPSA) is 78.7 Å². The molecule has 0 aromatic rings. The van der Waals surface area contributed by atoms with Crippen LogP contribution >= 0.6 is 7.60 Å². The third kappa shape index (κ3) is 5.35. The monoisotopic (exact) mass is 305 g/mol. The molecule has 0 N–H and O–H groups in total. The lowest BCUT2D eigenvalue weighted by Crippen LogP contribution is -2.09. The molecule has 0 heterocycles. The number of rotatable bonds is 9. The van der Waals surface area contributed by atoms with Crippen molar-refractivity contribution in [3.8, 4) is 0 Å². The maximum atomic E-state index is 12.3. The second kappa shape index (κ2) is 8.55. The average Bonchev–Trinajstić information content (AvgIpc) is 2.39. The third-order valence-electron chi connectivity index (χ3n) is 3.33. The number of hydrogen-bond acceptors (Lipinski definition) is 5. The Balaban J connectivity index is 2.57. The minimum Gasteiger partial charge on any atom is -0.309 e. The molecule has 0 bridgehead atoms. The number of nitrogens with zero attached hydrogens (tertiary/aromatic N) is 1. The zero-order chi connectivity index (χ0) is 15.0. The predicted molar refractivity (Wildman–Crippen MR) is 77.4 cm³/mol. The van der Waals surface area contributed by atoms with Crippen molar-refractivity contribution in [2.24, 2.45) is 0 Å². The Labute approximate surface area is 120 Å². The van der Waals surface area contributed by atoms with Crippen LogP contribution in [-0.2, 0) is 13.6 Å². The van der Waals surface area contributed by atoms with E-state index in [0.717, 1.165) is 24.8 Å². The minimum atomic E-state index is -3.02. The molecule has 0 atom stereocenters. The summed E-state index contributed by atoms with van der Waals surface area (Å²) in [7, 11) is -3.02. The molecule has 1 aliphatic carbocycles. The van der Waals surface area contributed by atoms with Gasteiger partial charge in [-0.1, -0.05) is 0 Å². The second-order valence-electron chi connectivity index (χ2n) is 4.79. The van der Waals surface area contributed by atoms with Gasteiger partial charge in [0, 0.05) is 12.0 Å². The molecular formula is C13H24NO5P. The summed E-state index contributed by atoms with van der Waals surface area (Å²) in [6, 6.07) is 0. The first kappa shape index (κ1) is 17.3. The van der Waals surface area contributed by atoms with Gasteiger partial charge in [-0.15, -0.1) is 0 Å². The van der Waals surface area contributed by atoms with Crippen molar-refractivity contribution in [1.29, 1.82) is 0 Å². The van der Waals surface area contributed by atoms with Crippen LogP contribution in [0.5, 0.6) is 0 Å². The smallest absolute Gasteiger partial charge is 0.309 e. The lowest BCUT2D eigenvalue weighted by molar-refractivity contribution is -0.430. The summed E-state index contributed by atoms with van der Waals surface area (Å²) < 4.78 is 22.7. The van der Waals surface area contributed by atoms with E-state index in [2.05, 4.69) is 0 Å². The molecule has 0 amide bonds. The molecule has 0 saturated carbocycles. The Hall–Kier alpha value is -0.710. The van der Waals surface area contributed by atoms with E-state index < -0.39 is 7.60 Å². The first-order valence-corrected chi connectivity index (χ1v) is 8.98. The van der Waals surface area contributed by atoms with Gasteiger partial charge in [0.1, 0.15) is 0 Å². The van der Waals surface area contributed by atoms with Crippen molar-refractivity contribution in [3.05, 3.63) is 21.4 Å². The zero-order valence-corrected chi connectivity index (χ0v) is 13.2. The van der Waals surface area contributed by atoms with E-state index in [-0.39, 0.29) is 4.92 Å². The van der Waals surface area contributed by atoms with Crippen molar-refractivity contribution in [1.82, 2.24) is 0 Å². The Morgan fingerprint density at radius 1 is 1.20 bits per heavy atom. The summed E-state index contributed by atoms with van der Waals surface area (Å²) in [6.07, 6.45) is 4.76. The summed E-state index contributed by atoms with van der Waals surface area (Å²) in [5.74, 6) is 0. The van der Waals surface area contributed by atoms with Gasteiger partial charge < -0.3 is 9.05 Å². The van der Waals surface area contributed by atoms with Gasteiger partial charge in [-0.3, -0.25) is 14.7 Å². The second-order valence-corrected chi connectivity index (χ2v) is 6.97. The molecule has 0 spiro atoms. The van der Waals surface area contributed by atoms with Gasteiger partial charge in [0.2, 0.25) is 5.70 Å². The van der Waals surface area contributed by atoms with Crippen LogP contribution in [0.15, 0.2) is 11.3 Å². The predicted octanol–water partition coefficient (Wildman–Crippen LogP) is 4.14. The van der Waals surface area contributed by atoms with Gasteiger partial charge in [0.05, 0.1) is 24.3 Å². The van der Waals surface area contributed by atoms with Gasteiger partial charge in [0.15, 0.2) is 0 Å². The highest BCUT2D eigenvalue weighted by molar-refractivity contribution is 7.53. The lowest BCUT2D eigenvalue weighted by Gasteiger charge is -2.18. The molecule has 116 valence electrons. The van der Waals surface area contributed by atoms with E-state index in [9.17, 15) is 14.7 Å². The SMILES string of the molecule is CCOP(=O)(CCCC1=C([N+](=O)[O-])CCCC1)OCC. The van der Waals surface area contributed by atoms with E-state index >= 15 is 0 Å². The van der Waals surface area contributed by atoms with Crippen molar-refractivity contribution < 1.29 is 18.5 Å². The molecule has 6 nitrogen and oxygen atoms in total. The summed E-state index contributed by atoms with van der Waals surface area (Å²) in [5.41, 5.74) is 1.26. The zero-order valence-electron chi connectivity index (χ0n) is 12.3. The van der Waals surface area contributed by atoms with E-state index in [1.807, 2.05) is 0 Å². The quantitative estimate of drug-likeness (QED) is 0.363. The fourth-order valence-corrected chi connectivity index (χ4v) is 4.15. The summed E-state index contributed by atoms with van der Waals surface area (Å²) in [6.45, 7) is 4.25. The molecule has 1 rings (SSSR count). The molecule has 0 aliphatic heterocycles. The number of allylic oxidation sites excluding steroid dienone is 2. The Morgan fingerprint density at radius 3 is 2.35 bits per heavy atom. The van der Waals surface area contributed by atoms with E-state index in [1.54, 1.807) is 13.8 Å². The Kier molecular flexibility index (Phi) is 7.41. The van der Waals surface area contributed by atoms with Crippen molar-refractivity contribution in [2.45, 2.75) is 52.4 Å². The highest BCUT2D eigenvalue weighted by atomic mass is 31.2. The molecule has 0 radical (unpaired) electrons. The third-order valence-corrected chi connectivity index (χ3v) is 5.50. The molecule has 1 aliphatic rings. The summed E-state index contributed by atoms with van der Waals surface area (Å²) in [5, 5.41) is 11.0. The molecule has 0 aromatic carbocycles. The number of nitro groups is 1. The van der Waals surface area contributed by atoms with Crippen LogP contribution in [0.3, 0.4) is 0 Å². The van der Waals surface area contributed by atoms with Crippen LogP contribution in [-0.4, -0.2) is 24.3 Å². The van der Waals surface area contributed by atoms with Crippen molar-refractivity contribution >= 4 is 7.60 Å². The lowest BCUT2D eigenvalue weighted by atomic mass is 9.93.